The van der Waals surface area contributed by atoms with Crippen molar-refractivity contribution in [1.29, 1.82) is 0 Å². The predicted octanol–water partition coefficient (Wildman–Crippen LogP) is 2.43. The second-order valence-electron chi connectivity index (χ2n) is 4.66. The van der Waals surface area contributed by atoms with E-state index in [2.05, 4.69) is 0 Å². The van der Waals surface area contributed by atoms with Gasteiger partial charge in [-0.05, 0) is 38.1 Å². The molecule has 1 fully saturated rings. The molecule has 1 aromatic carbocycles. The Kier molecular flexibility index (Phi) is 3.61. The lowest BCUT2D eigenvalue weighted by Crippen LogP contribution is -2.27. The minimum Gasteiger partial charge on any atom is -0.481 e. The van der Waals surface area contributed by atoms with Crippen LogP contribution in [0.25, 0.3) is 0 Å². The zero-order valence-corrected chi connectivity index (χ0v) is 10.1. The first-order valence-corrected chi connectivity index (χ1v) is 5.91. The number of hydrogen-bond acceptors (Lipinski definition) is 2. The van der Waals surface area contributed by atoms with Gasteiger partial charge in [0, 0.05) is 18.2 Å². The van der Waals surface area contributed by atoms with Gasteiger partial charge in [-0.2, -0.15) is 0 Å². The first kappa shape index (κ1) is 13.0. The molecule has 2 unspecified atom stereocenters. The standard InChI is InChI=1S/C13H15F2NO2/c1-8(11-6-10(14)2-3-12(11)15)16-5-4-9(7-16)13(17)18/h2-3,6,8-9H,4-5,7H2,1H3,(H,17,18). The van der Waals surface area contributed by atoms with Crippen molar-refractivity contribution in [3.8, 4) is 0 Å². The lowest BCUT2D eigenvalue weighted by Gasteiger charge is -2.24. The molecule has 0 saturated carbocycles. The molecule has 5 heteroatoms. The topological polar surface area (TPSA) is 40.5 Å². The number of hydrogen-bond donors (Lipinski definition) is 1. The number of halogens is 2. The number of likely N-dealkylation sites (tertiary alicyclic amines) is 1. The van der Waals surface area contributed by atoms with Crippen LogP contribution in [0.3, 0.4) is 0 Å². The lowest BCUT2D eigenvalue weighted by atomic mass is 10.1. The first-order valence-electron chi connectivity index (χ1n) is 5.91. The summed E-state index contributed by atoms with van der Waals surface area (Å²) in [7, 11) is 0. The van der Waals surface area contributed by atoms with E-state index in [-0.39, 0.29) is 11.6 Å². The molecule has 0 amide bonds. The normalized spacial score (nSPS) is 22.1. The van der Waals surface area contributed by atoms with Gasteiger partial charge in [0.25, 0.3) is 0 Å². The fraction of sp³-hybridized carbons (Fsp3) is 0.462. The Morgan fingerprint density at radius 1 is 1.50 bits per heavy atom. The second kappa shape index (κ2) is 5.02. The third-order valence-electron chi connectivity index (χ3n) is 3.52. The lowest BCUT2D eigenvalue weighted by molar-refractivity contribution is -0.141. The van der Waals surface area contributed by atoms with Crippen molar-refractivity contribution < 1.29 is 18.7 Å². The molecule has 2 rings (SSSR count). The van der Waals surface area contributed by atoms with E-state index in [9.17, 15) is 13.6 Å². The van der Waals surface area contributed by atoms with E-state index in [1.54, 1.807) is 6.92 Å². The molecule has 0 spiro atoms. The summed E-state index contributed by atoms with van der Waals surface area (Å²) in [5.74, 6) is -2.18. The third kappa shape index (κ3) is 2.51. The molecule has 18 heavy (non-hydrogen) atoms. The van der Waals surface area contributed by atoms with Crippen molar-refractivity contribution in [2.45, 2.75) is 19.4 Å². The Morgan fingerprint density at radius 2 is 2.22 bits per heavy atom. The average Bonchev–Trinajstić information content (AvgIpc) is 2.81. The molecule has 1 aliphatic heterocycles. The van der Waals surface area contributed by atoms with Gasteiger partial charge in [0.15, 0.2) is 0 Å². The molecule has 0 bridgehead atoms. The summed E-state index contributed by atoms with van der Waals surface area (Å²) < 4.78 is 26.7. The highest BCUT2D eigenvalue weighted by molar-refractivity contribution is 5.70. The molecule has 1 N–H and O–H groups in total. The van der Waals surface area contributed by atoms with Crippen molar-refractivity contribution in [3.63, 3.8) is 0 Å². The minimum absolute atomic E-state index is 0.279. The quantitative estimate of drug-likeness (QED) is 0.901. The van der Waals surface area contributed by atoms with Gasteiger partial charge in [-0.3, -0.25) is 9.69 Å². The van der Waals surface area contributed by atoms with Gasteiger partial charge < -0.3 is 5.11 Å². The summed E-state index contributed by atoms with van der Waals surface area (Å²) in [6.45, 7) is 2.74. The summed E-state index contributed by atoms with van der Waals surface area (Å²) in [6, 6.07) is 3.04. The number of nitrogens with zero attached hydrogens (tertiary/aromatic N) is 1. The maximum atomic E-state index is 13.6. The van der Waals surface area contributed by atoms with E-state index < -0.39 is 23.5 Å². The van der Waals surface area contributed by atoms with Crippen LogP contribution in [-0.2, 0) is 4.79 Å². The number of carboxylic acids is 1. The van der Waals surface area contributed by atoms with E-state index in [4.69, 9.17) is 5.11 Å². The Labute approximate surface area is 104 Å². The maximum absolute atomic E-state index is 13.6. The van der Waals surface area contributed by atoms with E-state index >= 15 is 0 Å². The fourth-order valence-corrected chi connectivity index (χ4v) is 2.37. The smallest absolute Gasteiger partial charge is 0.307 e. The van der Waals surface area contributed by atoms with E-state index in [0.29, 0.717) is 19.5 Å². The molecule has 98 valence electrons. The van der Waals surface area contributed by atoms with Crippen LogP contribution < -0.4 is 0 Å². The number of benzene rings is 1. The number of carboxylic acid groups (broad SMARTS) is 1. The van der Waals surface area contributed by atoms with E-state index in [1.807, 2.05) is 4.90 Å². The molecular formula is C13H15F2NO2. The summed E-state index contributed by atoms with van der Waals surface area (Å²) >= 11 is 0. The molecule has 1 aromatic rings. The van der Waals surface area contributed by atoms with Crippen molar-refractivity contribution >= 4 is 5.97 Å². The van der Waals surface area contributed by atoms with Crippen LogP contribution in [0, 0.1) is 17.6 Å². The van der Waals surface area contributed by atoms with Gasteiger partial charge in [-0.25, -0.2) is 8.78 Å². The van der Waals surface area contributed by atoms with Crippen molar-refractivity contribution in [3.05, 3.63) is 35.4 Å². The van der Waals surface area contributed by atoms with Crippen LogP contribution in [0.15, 0.2) is 18.2 Å². The number of aliphatic carboxylic acids is 1. The van der Waals surface area contributed by atoms with Gasteiger partial charge in [0.2, 0.25) is 0 Å². The number of rotatable bonds is 3. The zero-order valence-electron chi connectivity index (χ0n) is 10.1. The van der Waals surface area contributed by atoms with Gasteiger partial charge in [-0.1, -0.05) is 0 Å². The molecule has 1 saturated heterocycles. The Bertz CT molecular complexity index is 464. The summed E-state index contributed by atoms with van der Waals surface area (Å²) in [5, 5.41) is 8.92. The van der Waals surface area contributed by atoms with Gasteiger partial charge in [0.05, 0.1) is 5.92 Å². The van der Waals surface area contributed by atoms with Crippen molar-refractivity contribution in [2.75, 3.05) is 13.1 Å². The average molecular weight is 255 g/mol. The maximum Gasteiger partial charge on any atom is 0.307 e. The van der Waals surface area contributed by atoms with Gasteiger partial charge in [0.1, 0.15) is 11.6 Å². The Hall–Kier alpha value is -1.49. The molecule has 0 aromatic heterocycles. The zero-order chi connectivity index (χ0) is 13.3. The largest absolute Gasteiger partial charge is 0.481 e. The van der Waals surface area contributed by atoms with Crippen LogP contribution in [0.5, 0.6) is 0 Å². The predicted molar refractivity (Wildman–Crippen MR) is 62.1 cm³/mol. The molecule has 0 aliphatic carbocycles. The van der Waals surface area contributed by atoms with Crippen LogP contribution in [-0.4, -0.2) is 29.1 Å². The fourth-order valence-electron chi connectivity index (χ4n) is 2.37. The highest BCUT2D eigenvalue weighted by atomic mass is 19.1. The summed E-state index contributed by atoms with van der Waals surface area (Å²) in [4.78, 5) is 12.7. The highest BCUT2D eigenvalue weighted by Gasteiger charge is 2.31. The van der Waals surface area contributed by atoms with Crippen molar-refractivity contribution in [2.24, 2.45) is 5.92 Å². The molecule has 2 atom stereocenters. The van der Waals surface area contributed by atoms with E-state index in [1.165, 1.54) is 6.07 Å². The highest BCUT2D eigenvalue weighted by Crippen LogP contribution is 2.29. The monoisotopic (exact) mass is 255 g/mol. The second-order valence-corrected chi connectivity index (χ2v) is 4.66. The summed E-state index contributed by atoms with van der Waals surface area (Å²) in [6.07, 6.45) is 0.552. The first-order chi connectivity index (χ1) is 8.49. The van der Waals surface area contributed by atoms with Crippen LogP contribution in [0.1, 0.15) is 24.9 Å². The SMILES string of the molecule is CC(c1cc(F)ccc1F)N1CCC(C(=O)O)C1. The Balaban J connectivity index is 2.15. The van der Waals surface area contributed by atoms with Crippen LogP contribution in [0.2, 0.25) is 0 Å². The van der Waals surface area contributed by atoms with E-state index in [0.717, 1.165) is 12.1 Å². The van der Waals surface area contributed by atoms with Gasteiger partial charge >= 0.3 is 5.97 Å². The van der Waals surface area contributed by atoms with Crippen molar-refractivity contribution in [1.82, 2.24) is 4.90 Å². The third-order valence-corrected chi connectivity index (χ3v) is 3.52. The van der Waals surface area contributed by atoms with Crippen LogP contribution >= 0.6 is 0 Å². The van der Waals surface area contributed by atoms with Crippen LogP contribution in [0.4, 0.5) is 8.78 Å². The number of carbonyl (C=O) groups is 1. The summed E-state index contributed by atoms with van der Waals surface area (Å²) in [5.41, 5.74) is 0.279. The molecule has 1 heterocycles. The molecular weight excluding hydrogens is 240 g/mol. The Morgan fingerprint density at radius 3 is 2.83 bits per heavy atom. The molecule has 3 nitrogen and oxygen atoms in total. The van der Waals surface area contributed by atoms with Gasteiger partial charge in [-0.15, -0.1) is 0 Å². The minimum atomic E-state index is -0.829. The molecule has 1 aliphatic rings. The molecule has 0 radical (unpaired) electrons.